The van der Waals surface area contributed by atoms with Gasteiger partial charge in [-0.25, -0.2) is 4.39 Å². The van der Waals surface area contributed by atoms with Gasteiger partial charge in [0.1, 0.15) is 11.6 Å². The van der Waals surface area contributed by atoms with Crippen molar-refractivity contribution in [3.05, 3.63) is 64.5 Å². The number of benzene rings is 2. The number of ether oxygens (including phenoxy) is 1. The van der Waals surface area contributed by atoms with Crippen LogP contribution >= 0.6 is 0 Å². The molecule has 3 rings (SSSR count). The van der Waals surface area contributed by atoms with E-state index in [0.717, 1.165) is 30.9 Å². The van der Waals surface area contributed by atoms with Gasteiger partial charge >= 0.3 is 0 Å². The summed E-state index contributed by atoms with van der Waals surface area (Å²) in [5, 5.41) is 3.57. The smallest absolute Gasteiger partial charge is 0.126 e. The van der Waals surface area contributed by atoms with Gasteiger partial charge in [0, 0.05) is 24.6 Å². The van der Waals surface area contributed by atoms with Crippen LogP contribution in [0.3, 0.4) is 0 Å². The number of hydrogen-bond acceptors (Lipinski definition) is 2. The Morgan fingerprint density at radius 1 is 1.19 bits per heavy atom. The van der Waals surface area contributed by atoms with Crippen molar-refractivity contribution in [3.63, 3.8) is 0 Å². The number of nitrogens with one attached hydrogen (secondary N) is 1. The van der Waals surface area contributed by atoms with E-state index in [0.29, 0.717) is 0 Å². The first kappa shape index (κ1) is 14.1. The summed E-state index contributed by atoms with van der Waals surface area (Å²) in [7, 11) is 0. The zero-order valence-electron chi connectivity index (χ0n) is 12.4. The molecule has 0 amide bonds. The minimum Gasteiger partial charge on any atom is -0.493 e. The largest absolute Gasteiger partial charge is 0.493 e. The van der Waals surface area contributed by atoms with E-state index in [1.807, 2.05) is 12.1 Å². The molecule has 0 aliphatic carbocycles. The van der Waals surface area contributed by atoms with Crippen LogP contribution in [-0.2, 0) is 6.54 Å². The Morgan fingerprint density at radius 3 is 2.71 bits per heavy atom. The molecule has 0 spiro atoms. The van der Waals surface area contributed by atoms with Crippen molar-refractivity contribution in [2.24, 2.45) is 0 Å². The Bertz CT molecular complexity index is 636. The van der Waals surface area contributed by atoms with Crippen LogP contribution in [0.15, 0.2) is 36.4 Å². The number of fused-ring (bicyclic) bond motifs is 1. The molecule has 0 radical (unpaired) electrons. The number of aryl methyl sites for hydroxylation is 2. The molecule has 2 nitrogen and oxygen atoms in total. The molecular formula is C18H20FNO. The molecule has 21 heavy (non-hydrogen) atoms. The third-order valence-corrected chi connectivity index (χ3v) is 3.94. The summed E-state index contributed by atoms with van der Waals surface area (Å²) >= 11 is 0. The van der Waals surface area contributed by atoms with Gasteiger partial charge in [0.05, 0.1) is 6.61 Å². The lowest BCUT2D eigenvalue weighted by atomic mass is 9.95. The molecule has 1 atom stereocenters. The van der Waals surface area contributed by atoms with Crippen LogP contribution in [0.25, 0.3) is 0 Å². The SMILES string of the molecule is Cc1cc(C)c2c(c1)C(NCc1ccc(F)cc1)CCO2. The van der Waals surface area contributed by atoms with E-state index >= 15 is 0 Å². The second-order valence-corrected chi connectivity index (χ2v) is 5.70. The van der Waals surface area contributed by atoms with Crippen molar-refractivity contribution >= 4 is 0 Å². The van der Waals surface area contributed by atoms with E-state index in [9.17, 15) is 4.39 Å². The summed E-state index contributed by atoms with van der Waals surface area (Å²) in [6, 6.07) is 11.3. The molecule has 0 saturated carbocycles. The lowest BCUT2D eigenvalue weighted by molar-refractivity contribution is 0.250. The summed E-state index contributed by atoms with van der Waals surface area (Å²) < 4.78 is 18.7. The van der Waals surface area contributed by atoms with E-state index < -0.39 is 0 Å². The lowest BCUT2D eigenvalue weighted by Gasteiger charge is -2.28. The molecule has 0 aromatic heterocycles. The summed E-state index contributed by atoms with van der Waals surface area (Å²) in [6.45, 7) is 5.67. The third kappa shape index (κ3) is 3.08. The average molecular weight is 285 g/mol. The molecule has 1 unspecified atom stereocenters. The number of rotatable bonds is 3. The highest BCUT2D eigenvalue weighted by Gasteiger charge is 2.22. The lowest BCUT2D eigenvalue weighted by Crippen LogP contribution is -2.27. The zero-order chi connectivity index (χ0) is 14.8. The van der Waals surface area contributed by atoms with E-state index in [-0.39, 0.29) is 11.9 Å². The van der Waals surface area contributed by atoms with Crippen molar-refractivity contribution in [3.8, 4) is 5.75 Å². The van der Waals surface area contributed by atoms with Crippen LogP contribution in [0.2, 0.25) is 0 Å². The van der Waals surface area contributed by atoms with Crippen molar-refractivity contribution in [1.82, 2.24) is 5.32 Å². The Hall–Kier alpha value is -1.87. The molecule has 0 saturated heterocycles. The molecule has 1 aliphatic rings. The van der Waals surface area contributed by atoms with E-state index in [4.69, 9.17) is 4.74 Å². The van der Waals surface area contributed by atoms with E-state index in [1.54, 1.807) is 0 Å². The molecular weight excluding hydrogens is 265 g/mol. The number of hydrogen-bond donors (Lipinski definition) is 1. The molecule has 3 heteroatoms. The van der Waals surface area contributed by atoms with Crippen LogP contribution in [0.4, 0.5) is 4.39 Å². The molecule has 2 aromatic rings. The maximum absolute atomic E-state index is 12.9. The number of halogens is 1. The molecule has 0 bridgehead atoms. The van der Waals surface area contributed by atoms with Crippen molar-refractivity contribution in [2.75, 3.05) is 6.61 Å². The molecule has 110 valence electrons. The topological polar surface area (TPSA) is 21.3 Å². The zero-order valence-corrected chi connectivity index (χ0v) is 12.4. The molecule has 1 heterocycles. The van der Waals surface area contributed by atoms with E-state index in [2.05, 4.69) is 31.3 Å². The van der Waals surface area contributed by atoms with Gasteiger partial charge in [-0.3, -0.25) is 0 Å². The highest BCUT2D eigenvalue weighted by molar-refractivity contribution is 5.46. The Balaban J connectivity index is 1.77. The van der Waals surface area contributed by atoms with Gasteiger partial charge < -0.3 is 10.1 Å². The predicted octanol–water partition coefficient (Wildman–Crippen LogP) is 4.06. The summed E-state index contributed by atoms with van der Waals surface area (Å²) in [5.74, 6) is 0.824. The van der Waals surface area contributed by atoms with Gasteiger partial charge in [0.15, 0.2) is 0 Å². The van der Waals surface area contributed by atoms with Gasteiger partial charge in [-0.1, -0.05) is 29.8 Å². The van der Waals surface area contributed by atoms with Crippen molar-refractivity contribution < 1.29 is 9.13 Å². The minimum atomic E-state index is -0.193. The van der Waals surface area contributed by atoms with Gasteiger partial charge in [0.25, 0.3) is 0 Å². The highest BCUT2D eigenvalue weighted by atomic mass is 19.1. The highest BCUT2D eigenvalue weighted by Crippen LogP contribution is 2.35. The van der Waals surface area contributed by atoms with Gasteiger partial charge in [-0.2, -0.15) is 0 Å². The quantitative estimate of drug-likeness (QED) is 0.918. The first-order valence-corrected chi connectivity index (χ1v) is 7.35. The Kier molecular flexibility index (Phi) is 3.93. The fourth-order valence-electron chi connectivity index (χ4n) is 2.93. The van der Waals surface area contributed by atoms with Gasteiger partial charge in [-0.05, 0) is 37.1 Å². The van der Waals surface area contributed by atoms with Crippen LogP contribution in [0.1, 0.15) is 34.7 Å². The first-order chi connectivity index (χ1) is 10.1. The van der Waals surface area contributed by atoms with Crippen LogP contribution in [0, 0.1) is 19.7 Å². The molecule has 1 N–H and O–H groups in total. The fourth-order valence-corrected chi connectivity index (χ4v) is 2.93. The van der Waals surface area contributed by atoms with Crippen LogP contribution < -0.4 is 10.1 Å². The van der Waals surface area contributed by atoms with Gasteiger partial charge in [-0.15, -0.1) is 0 Å². The second-order valence-electron chi connectivity index (χ2n) is 5.70. The third-order valence-electron chi connectivity index (χ3n) is 3.94. The van der Waals surface area contributed by atoms with Crippen LogP contribution in [0.5, 0.6) is 5.75 Å². The average Bonchev–Trinajstić information content (AvgIpc) is 2.47. The standard InChI is InChI=1S/C18H20FNO/c1-12-9-13(2)18-16(10-12)17(7-8-21-18)20-11-14-3-5-15(19)6-4-14/h3-6,9-10,17,20H,7-8,11H2,1-2H3. The Morgan fingerprint density at radius 2 is 1.95 bits per heavy atom. The normalized spacial score (nSPS) is 17.2. The maximum atomic E-state index is 12.9. The molecule has 2 aromatic carbocycles. The maximum Gasteiger partial charge on any atom is 0.126 e. The minimum absolute atomic E-state index is 0.193. The van der Waals surface area contributed by atoms with Crippen molar-refractivity contribution in [2.45, 2.75) is 32.9 Å². The molecule has 1 aliphatic heterocycles. The molecule has 0 fully saturated rings. The summed E-state index contributed by atoms with van der Waals surface area (Å²) in [5.41, 5.74) is 4.78. The second kappa shape index (κ2) is 5.86. The Labute approximate surface area is 125 Å². The van der Waals surface area contributed by atoms with Crippen LogP contribution in [-0.4, -0.2) is 6.61 Å². The first-order valence-electron chi connectivity index (χ1n) is 7.35. The van der Waals surface area contributed by atoms with Crippen molar-refractivity contribution in [1.29, 1.82) is 0 Å². The summed E-state index contributed by atoms with van der Waals surface area (Å²) in [4.78, 5) is 0. The van der Waals surface area contributed by atoms with E-state index in [1.165, 1.54) is 28.8 Å². The van der Waals surface area contributed by atoms with Gasteiger partial charge in [0.2, 0.25) is 0 Å². The predicted molar refractivity (Wildman–Crippen MR) is 82.0 cm³/mol. The fraction of sp³-hybridized carbons (Fsp3) is 0.333. The monoisotopic (exact) mass is 285 g/mol. The summed E-state index contributed by atoms with van der Waals surface area (Å²) in [6.07, 6.45) is 0.955.